The Morgan fingerprint density at radius 1 is 1.17 bits per heavy atom. The minimum atomic E-state index is -4.82. The van der Waals surface area contributed by atoms with Crippen molar-refractivity contribution in [1.29, 1.82) is 5.26 Å². The summed E-state index contributed by atoms with van der Waals surface area (Å²) >= 11 is 0. The monoisotopic (exact) mass is 484 g/mol. The van der Waals surface area contributed by atoms with Gasteiger partial charge < -0.3 is 24.8 Å². The second-order valence-corrected chi connectivity index (χ2v) is 8.22. The Balaban J connectivity index is 1.51. The summed E-state index contributed by atoms with van der Waals surface area (Å²) in [7, 11) is 0. The smallest absolute Gasteiger partial charge is 0.483 e. The molecular formula is C24H19F3N4O4. The quantitative estimate of drug-likeness (QED) is 0.460. The predicted octanol–water partition coefficient (Wildman–Crippen LogP) is 6.00. The van der Waals surface area contributed by atoms with Crippen LogP contribution in [0.25, 0.3) is 0 Å². The van der Waals surface area contributed by atoms with Gasteiger partial charge in [0.05, 0.1) is 5.56 Å². The first kappa shape index (κ1) is 23.7. The molecule has 0 aliphatic carbocycles. The van der Waals surface area contributed by atoms with Crippen molar-refractivity contribution in [3.8, 4) is 29.2 Å². The summed E-state index contributed by atoms with van der Waals surface area (Å²) in [6.45, 7) is 3.91. The van der Waals surface area contributed by atoms with Crippen LogP contribution in [0.1, 0.15) is 25.0 Å². The lowest BCUT2D eigenvalue weighted by molar-refractivity contribution is -0.274. The van der Waals surface area contributed by atoms with Crippen LogP contribution in [-0.2, 0) is 6.42 Å². The predicted molar refractivity (Wildman–Crippen MR) is 120 cm³/mol. The van der Waals surface area contributed by atoms with Crippen LogP contribution in [0.4, 0.5) is 29.3 Å². The number of fused-ring (bicyclic) bond motifs is 1. The highest BCUT2D eigenvalue weighted by atomic mass is 19.4. The van der Waals surface area contributed by atoms with E-state index in [-0.39, 0.29) is 22.8 Å². The van der Waals surface area contributed by atoms with Gasteiger partial charge in [-0.1, -0.05) is 12.1 Å². The molecule has 180 valence electrons. The molecule has 2 aromatic carbocycles. The van der Waals surface area contributed by atoms with Crippen molar-refractivity contribution in [1.82, 2.24) is 4.98 Å². The molecule has 2 amide bonds. The Bertz CT molecular complexity index is 1300. The number of nitrogens with one attached hydrogen (secondary N) is 2. The van der Waals surface area contributed by atoms with Crippen LogP contribution in [0.5, 0.6) is 23.1 Å². The third-order valence-corrected chi connectivity index (χ3v) is 4.84. The third-order valence-electron chi connectivity index (χ3n) is 4.84. The highest BCUT2D eigenvalue weighted by molar-refractivity contribution is 6.00. The Hall–Kier alpha value is -4.46. The number of aromatic nitrogens is 1. The van der Waals surface area contributed by atoms with Crippen molar-refractivity contribution in [2.75, 3.05) is 10.6 Å². The molecule has 1 aromatic heterocycles. The van der Waals surface area contributed by atoms with Gasteiger partial charge in [-0.25, -0.2) is 9.78 Å². The molecule has 0 atom stereocenters. The Morgan fingerprint density at radius 2 is 1.91 bits per heavy atom. The van der Waals surface area contributed by atoms with Crippen molar-refractivity contribution in [3.05, 3.63) is 65.9 Å². The Labute approximate surface area is 198 Å². The average Bonchev–Trinajstić information content (AvgIpc) is 3.10. The number of hydrogen-bond acceptors (Lipinski definition) is 6. The highest BCUT2D eigenvalue weighted by Gasteiger charge is 2.33. The van der Waals surface area contributed by atoms with E-state index in [9.17, 15) is 23.2 Å². The zero-order valence-electron chi connectivity index (χ0n) is 18.6. The highest BCUT2D eigenvalue weighted by Crippen LogP contribution is 2.44. The maximum atomic E-state index is 12.5. The molecule has 0 saturated carbocycles. The molecular weight excluding hydrogens is 465 g/mol. The number of ether oxygens (including phenoxy) is 3. The molecule has 3 aromatic rings. The van der Waals surface area contributed by atoms with E-state index in [1.54, 1.807) is 6.07 Å². The van der Waals surface area contributed by atoms with Crippen LogP contribution in [0.2, 0.25) is 0 Å². The van der Waals surface area contributed by atoms with Gasteiger partial charge in [0.2, 0.25) is 5.88 Å². The molecule has 11 heteroatoms. The molecule has 0 bridgehead atoms. The standard InChI is InChI=1S/C24H19F3N4O4/c1-23(2)11-15-4-3-5-19(20(15)35-23)33-21-18(10-14(12-28)13-29-21)31-22(32)30-16-6-8-17(9-7-16)34-24(25,26)27/h3-10,13H,11H2,1-2H3,(H2,30,31,32). The van der Waals surface area contributed by atoms with Crippen LogP contribution in [0.3, 0.4) is 0 Å². The minimum Gasteiger partial charge on any atom is -0.483 e. The number of nitriles is 1. The Morgan fingerprint density at radius 3 is 2.60 bits per heavy atom. The largest absolute Gasteiger partial charge is 0.573 e. The van der Waals surface area contributed by atoms with Crippen LogP contribution < -0.4 is 24.8 Å². The fraction of sp³-hybridized carbons (Fsp3) is 0.208. The lowest BCUT2D eigenvalue weighted by atomic mass is 10.0. The van der Waals surface area contributed by atoms with Crippen molar-refractivity contribution in [2.45, 2.75) is 32.2 Å². The molecule has 0 spiro atoms. The molecule has 2 N–H and O–H groups in total. The van der Waals surface area contributed by atoms with Crippen molar-refractivity contribution in [3.63, 3.8) is 0 Å². The molecule has 0 fully saturated rings. The number of benzene rings is 2. The summed E-state index contributed by atoms with van der Waals surface area (Å²) in [6.07, 6.45) is -2.83. The summed E-state index contributed by atoms with van der Waals surface area (Å²) in [5.41, 5.74) is 1.05. The first-order chi connectivity index (χ1) is 16.5. The number of carbonyl (C=O) groups is 1. The zero-order valence-corrected chi connectivity index (χ0v) is 18.6. The fourth-order valence-corrected chi connectivity index (χ4v) is 3.48. The van der Waals surface area contributed by atoms with E-state index in [0.717, 1.165) is 17.7 Å². The van der Waals surface area contributed by atoms with Gasteiger partial charge in [0.1, 0.15) is 23.1 Å². The van der Waals surface area contributed by atoms with Gasteiger partial charge in [0.25, 0.3) is 0 Å². The molecule has 1 aliphatic heterocycles. The van der Waals surface area contributed by atoms with Crippen LogP contribution in [-0.4, -0.2) is 23.0 Å². The normalized spacial score (nSPS) is 13.7. The number of carbonyl (C=O) groups excluding carboxylic acids is 1. The van der Waals surface area contributed by atoms with E-state index in [0.29, 0.717) is 17.9 Å². The molecule has 8 nitrogen and oxygen atoms in total. The van der Waals surface area contributed by atoms with E-state index in [1.807, 2.05) is 32.0 Å². The van der Waals surface area contributed by atoms with Gasteiger partial charge >= 0.3 is 12.4 Å². The summed E-state index contributed by atoms with van der Waals surface area (Å²) in [4.78, 5) is 16.7. The second-order valence-electron chi connectivity index (χ2n) is 8.22. The average molecular weight is 484 g/mol. The number of pyridine rings is 1. The summed E-state index contributed by atoms with van der Waals surface area (Å²) in [5.74, 6) is 0.565. The van der Waals surface area contributed by atoms with Gasteiger partial charge in [-0.15, -0.1) is 13.2 Å². The summed E-state index contributed by atoms with van der Waals surface area (Å²) in [5, 5.41) is 14.3. The molecule has 35 heavy (non-hydrogen) atoms. The Kier molecular flexibility index (Phi) is 6.13. The number of rotatable bonds is 5. The first-order valence-corrected chi connectivity index (χ1v) is 10.3. The summed E-state index contributed by atoms with van der Waals surface area (Å²) < 4.78 is 52.7. The molecule has 0 saturated heterocycles. The maximum absolute atomic E-state index is 12.5. The number of urea groups is 1. The van der Waals surface area contributed by atoms with Gasteiger partial charge in [0, 0.05) is 23.9 Å². The van der Waals surface area contributed by atoms with Crippen molar-refractivity contribution >= 4 is 17.4 Å². The SMILES string of the molecule is CC1(C)Cc2cccc(Oc3ncc(C#N)cc3NC(=O)Nc3ccc(OC(F)(F)F)cc3)c2O1. The second kappa shape index (κ2) is 9.06. The van der Waals surface area contributed by atoms with Gasteiger partial charge in [-0.3, -0.25) is 0 Å². The van der Waals surface area contributed by atoms with E-state index in [1.165, 1.54) is 24.4 Å². The topological polar surface area (TPSA) is 106 Å². The van der Waals surface area contributed by atoms with Gasteiger partial charge in [-0.05, 0) is 50.2 Å². The van der Waals surface area contributed by atoms with Crippen LogP contribution in [0, 0.1) is 11.3 Å². The lowest BCUT2D eigenvalue weighted by Gasteiger charge is -2.18. The molecule has 2 heterocycles. The van der Waals surface area contributed by atoms with E-state index in [4.69, 9.17) is 9.47 Å². The number of nitrogens with zero attached hydrogens (tertiary/aromatic N) is 2. The number of para-hydroxylation sites is 1. The van der Waals surface area contributed by atoms with Crippen LogP contribution >= 0.6 is 0 Å². The minimum absolute atomic E-state index is 0.0229. The number of amides is 2. The number of halogens is 3. The maximum Gasteiger partial charge on any atom is 0.573 e. The van der Waals surface area contributed by atoms with E-state index in [2.05, 4.69) is 20.4 Å². The number of anilines is 2. The van der Waals surface area contributed by atoms with Crippen LogP contribution in [0.15, 0.2) is 54.7 Å². The molecule has 4 rings (SSSR count). The number of hydrogen-bond donors (Lipinski definition) is 2. The van der Waals surface area contributed by atoms with Crippen molar-refractivity contribution in [2.24, 2.45) is 0 Å². The zero-order chi connectivity index (χ0) is 25.2. The molecule has 0 unspecified atom stereocenters. The third kappa shape index (κ3) is 5.92. The summed E-state index contributed by atoms with van der Waals surface area (Å²) in [6, 6.07) is 12.7. The van der Waals surface area contributed by atoms with E-state index < -0.39 is 23.7 Å². The van der Waals surface area contributed by atoms with Crippen molar-refractivity contribution < 1.29 is 32.2 Å². The molecule has 1 aliphatic rings. The molecule has 0 radical (unpaired) electrons. The van der Waals surface area contributed by atoms with Gasteiger partial charge in [-0.2, -0.15) is 5.26 Å². The van der Waals surface area contributed by atoms with Gasteiger partial charge in [0.15, 0.2) is 11.5 Å². The number of alkyl halides is 3. The first-order valence-electron chi connectivity index (χ1n) is 10.3. The van der Waals surface area contributed by atoms with E-state index >= 15 is 0 Å². The fourth-order valence-electron chi connectivity index (χ4n) is 3.48. The lowest BCUT2D eigenvalue weighted by Crippen LogP contribution is -2.24.